The topological polar surface area (TPSA) is 57.7 Å². The van der Waals surface area contributed by atoms with Crippen LogP contribution in [-0.2, 0) is 11.2 Å². The van der Waals surface area contributed by atoms with Crippen molar-refractivity contribution in [1.82, 2.24) is 9.88 Å². The maximum Gasteiger partial charge on any atom is 0.232 e. The van der Waals surface area contributed by atoms with Crippen molar-refractivity contribution >= 4 is 17.4 Å². The molecule has 2 aliphatic heterocycles. The molecule has 6 heteroatoms. The maximum atomic E-state index is 12.6. The minimum atomic E-state index is -0.191. The monoisotopic (exact) mass is 352 g/mol. The zero-order valence-electron chi connectivity index (χ0n) is 15.0. The summed E-state index contributed by atoms with van der Waals surface area (Å²) in [6.45, 7) is 4.52. The zero-order valence-corrected chi connectivity index (χ0v) is 15.0. The Morgan fingerprint density at radius 1 is 1.15 bits per heavy atom. The molecule has 3 heterocycles. The van der Waals surface area contributed by atoms with E-state index >= 15 is 0 Å². The Labute approximate surface area is 153 Å². The first-order valence-corrected chi connectivity index (χ1v) is 9.10. The molecule has 6 nitrogen and oxygen atoms in total. The fourth-order valence-electron chi connectivity index (χ4n) is 3.44. The molecule has 26 heavy (non-hydrogen) atoms. The van der Waals surface area contributed by atoms with Crippen LogP contribution in [0.3, 0.4) is 0 Å². The van der Waals surface area contributed by atoms with Gasteiger partial charge in [0.1, 0.15) is 18.2 Å². The highest BCUT2D eigenvalue weighted by Crippen LogP contribution is 2.27. The number of hydrogen-bond acceptors (Lipinski definition) is 5. The van der Waals surface area contributed by atoms with E-state index in [1.165, 1.54) is 0 Å². The van der Waals surface area contributed by atoms with Crippen molar-refractivity contribution in [1.29, 1.82) is 0 Å². The van der Waals surface area contributed by atoms with E-state index < -0.39 is 0 Å². The van der Waals surface area contributed by atoms with Crippen molar-refractivity contribution in [2.75, 3.05) is 50.1 Å². The molecule has 0 bridgehead atoms. The van der Waals surface area contributed by atoms with Crippen molar-refractivity contribution in [3.8, 4) is 5.75 Å². The predicted molar refractivity (Wildman–Crippen MR) is 102 cm³/mol. The first-order chi connectivity index (χ1) is 12.7. The standard InChI is InChI=1S/C20H24N4O2/c1-23-8-10-24(11-9-23)17-6-7-19(21-13-17)22-20(25)16-12-15-4-2-3-5-18(15)26-14-16/h2-7,13,16H,8-12,14H2,1H3,(H,21,22,25). The summed E-state index contributed by atoms with van der Waals surface area (Å²) in [5.74, 6) is 1.24. The molecule has 1 unspecified atom stereocenters. The second kappa shape index (κ2) is 7.33. The summed E-state index contributed by atoms with van der Waals surface area (Å²) in [7, 11) is 2.14. The molecule has 1 aromatic carbocycles. The van der Waals surface area contributed by atoms with Gasteiger partial charge in [-0.15, -0.1) is 0 Å². The van der Waals surface area contributed by atoms with Crippen LogP contribution in [0.5, 0.6) is 5.75 Å². The number of anilines is 2. The van der Waals surface area contributed by atoms with Gasteiger partial charge >= 0.3 is 0 Å². The molecule has 1 amide bonds. The van der Waals surface area contributed by atoms with E-state index in [-0.39, 0.29) is 11.8 Å². The van der Waals surface area contributed by atoms with Crippen LogP contribution in [0.25, 0.3) is 0 Å². The number of para-hydroxylation sites is 1. The number of rotatable bonds is 3. The van der Waals surface area contributed by atoms with Crippen molar-refractivity contribution in [3.63, 3.8) is 0 Å². The van der Waals surface area contributed by atoms with Crippen LogP contribution in [0.2, 0.25) is 0 Å². The van der Waals surface area contributed by atoms with Crippen LogP contribution in [0.15, 0.2) is 42.6 Å². The first-order valence-electron chi connectivity index (χ1n) is 9.10. The molecule has 1 fully saturated rings. The van der Waals surface area contributed by atoms with Gasteiger partial charge in [0.15, 0.2) is 0 Å². The highest BCUT2D eigenvalue weighted by atomic mass is 16.5. The molecule has 0 saturated carbocycles. The lowest BCUT2D eigenvalue weighted by atomic mass is 9.96. The molecule has 2 aromatic rings. The van der Waals surface area contributed by atoms with Crippen LogP contribution >= 0.6 is 0 Å². The van der Waals surface area contributed by atoms with E-state index in [1.807, 2.05) is 42.6 Å². The average molecular weight is 352 g/mol. The van der Waals surface area contributed by atoms with Crippen LogP contribution in [0.1, 0.15) is 5.56 Å². The van der Waals surface area contributed by atoms with Crippen molar-refractivity contribution in [2.24, 2.45) is 5.92 Å². The SMILES string of the molecule is CN1CCN(c2ccc(NC(=O)C3COc4ccccc4C3)nc2)CC1. The molecule has 1 atom stereocenters. The summed E-state index contributed by atoms with van der Waals surface area (Å²) in [5.41, 5.74) is 2.18. The van der Waals surface area contributed by atoms with Gasteiger partial charge in [-0.3, -0.25) is 4.79 Å². The number of hydrogen-bond donors (Lipinski definition) is 1. The number of benzene rings is 1. The van der Waals surface area contributed by atoms with E-state index in [1.54, 1.807) is 0 Å². The number of piperazine rings is 1. The number of nitrogens with zero attached hydrogens (tertiary/aromatic N) is 3. The molecule has 4 rings (SSSR count). The van der Waals surface area contributed by atoms with Crippen LogP contribution in [0, 0.1) is 5.92 Å². The summed E-state index contributed by atoms with van der Waals surface area (Å²) >= 11 is 0. The highest BCUT2D eigenvalue weighted by Gasteiger charge is 2.26. The Hall–Kier alpha value is -2.60. The predicted octanol–water partition coefficient (Wildman–Crippen LogP) is 2.02. The van der Waals surface area contributed by atoms with E-state index in [0.717, 1.165) is 43.2 Å². The molecule has 0 aliphatic carbocycles. The molecule has 2 aliphatic rings. The summed E-state index contributed by atoms with van der Waals surface area (Å²) in [6, 6.07) is 11.8. The summed E-state index contributed by atoms with van der Waals surface area (Å²) in [4.78, 5) is 21.6. The first kappa shape index (κ1) is 16.8. The molecular formula is C20H24N4O2. The largest absolute Gasteiger partial charge is 0.492 e. The Morgan fingerprint density at radius 2 is 1.96 bits per heavy atom. The lowest BCUT2D eigenvalue weighted by Gasteiger charge is -2.33. The Balaban J connectivity index is 1.36. The minimum Gasteiger partial charge on any atom is -0.492 e. The molecule has 1 aromatic heterocycles. The van der Waals surface area contributed by atoms with E-state index in [9.17, 15) is 4.79 Å². The van der Waals surface area contributed by atoms with E-state index in [4.69, 9.17) is 4.74 Å². The second-order valence-electron chi connectivity index (χ2n) is 7.00. The van der Waals surface area contributed by atoms with Gasteiger partial charge in [0.2, 0.25) is 5.91 Å². The molecule has 0 spiro atoms. The molecule has 1 N–H and O–H groups in total. The van der Waals surface area contributed by atoms with Gasteiger partial charge in [0, 0.05) is 26.2 Å². The molecule has 136 valence electrons. The molecular weight excluding hydrogens is 328 g/mol. The fourth-order valence-corrected chi connectivity index (χ4v) is 3.44. The van der Waals surface area contributed by atoms with Crippen LogP contribution < -0.4 is 15.0 Å². The average Bonchev–Trinajstić information content (AvgIpc) is 2.69. The van der Waals surface area contributed by atoms with E-state index in [0.29, 0.717) is 18.8 Å². The lowest BCUT2D eigenvalue weighted by molar-refractivity contribution is -0.121. The fraction of sp³-hybridized carbons (Fsp3) is 0.400. The van der Waals surface area contributed by atoms with Gasteiger partial charge in [-0.2, -0.15) is 0 Å². The third-order valence-corrected chi connectivity index (χ3v) is 5.12. The van der Waals surface area contributed by atoms with Crippen LogP contribution in [-0.4, -0.2) is 55.6 Å². The smallest absolute Gasteiger partial charge is 0.232 e. The maximum absolute atomic E-state index is 12.6. The van der Waals surface area contributed by atoms with Crippen molar-refractivity contribution in [3.05, 3.63) is 48.2 Å². The Kier molecular flexibility index (Phi) is 4.75. The number of nitrogens with one attached hydrogen (secondary N) is 1. The number of carbonyl (C=O) groups excluding carboxylic acids is 1. The number of pyridine rings is 1. The van der Waals surface area contributed by atoms with Crippen molar-refractivity contribution in [2.45, 2.75) is 6.42 Å². The number of aromatic nitrogens is 1. The summed E-state index contributed by atoms with van der Waals surface area (Å²) < 4.78 is 5.71. The summed E-state index contributed by atoms with van der Waals surface area (Å²) in [5, 5.41) is 2.92. The number of carbonyl (C=O) groups is 1. The minimum absolute atomic E-state index is 0.0423. The number of fused-ring (bicyclic) bond motifs is 1. The number of likely N-dealkylation sites (N-methyl/N-ethyl adjacent to an activating group) is 1. The van der Waals surface area contributed by atoms with Gasteiger partial charge in [0.25, 0.3) is 0 Å². The van der Waals surface area contributed by atoms with Gasteiger partial charge in [-0.05, 0) is 37.2 Å². The molecule has 0 radical (unpaired) electrons. The quantitative estimate of drug-likeness (QED) is 0.916. The third kappa shape index (κ3) is 3.65. The van der Waals surface area contributed by atoms with Gasteiger partial charge in [-0.25, -0.2) is 4.98 Å². The van der Waals surface area contributed by atoms with Crippen molar-refractivity contribution < 1.29 is 9.53 Å². The second-order valence-corrected chi connectivity index (χ2v) is 7.00. The van der Waals surface area contributed by atoms with Gasteiger partial charge in [0.05, 0.1) is 17.8 Å². The number of amides is 1. The van der Waals surface area contributed by atoms with Gasteiger partial charge in [-0.1, -0.05) is 18.2 Å². The normalized spacial score (nSPS) is 20.2. The lowest BCUT2D eigenvalue weighted by Crippen LogP contribution is -2.44. The summed E-state index contributed by atoms with van der Waals surface area (Å²) in [6.07, 6.45) is 2.54. The third-order valence-electron chi connectivity index (χ3n) is 5.12. The Bertz CT molecular complexity index is 770. The highest BCUT2D eigenvalue weighted by molar-refractivity contribution is 5.92. The zero-order chi connectivity index (χ0) is 17.9. The van der Waals surface area contributed by atoms with Crippen LogP contribution in [0.4, 0.5) is 11.5 Å². The van der Waals surface area contributed by atoms with Gasteiger partial charge < -0.3 is 19.9 Å². The number of ether oxygens (including phenoxy) is 1. The molecule has 1 saturated heterocycles. The van der Waals surface area contributed by atoms with E-state index in [2.05, 4.69) is 27.1 Å². The Morgan fingerprint density at radius 3 is 2.73 bits per heavy atom.